The monoisotopic (exact) mass is 552 g/mol. The molecule has 1 aliphatic rings. The van der Waals surface area contributed by atoms with Gasteiger partial charge in [-0.3, -0.25) is 9.59 Å². The minimum atomic E-state index is -1.36. The number of carboxylic acid groups (broad SMARTS) is 1. The highest BCUT2D eigenvalue weighted by molar-refractivity contribution is 5.93. The minimum absolute atomic E-state index is 0.0112. The highest BCUT2D eigenvalue weighted by Crippen LogP contribution is 2.26. The molecule has 11 heteroatoms. The summed E-state index contributed by atoms with van der Waals surface area (Å²) in [5, 5.41) is 12.2. The molecule has 1 saturated heterocycles. The Morgan fingerprint density at radius 2 is 1.75 bits per heavy atom. The van der Waals surface area contributed by atoms with Gasteiger partial charge in [0.05, 0.1) is 11.2 Å². The SMILES string of the molecule is CCCCC(=O)Nc1ccc(COC(=O)N2CCN(c3cc4c(cc3F)c(=O)c(C(=O)O)cn4CC)CC2)cc1. The number of amides is 2. The van der Waals surface area contributed by atoms with Gasteiger partial charge < -0.3 is 29.5 Å². The first-order chi connectivity index (χ1) is 19.2. The number of benzene rings is 2. The number of anilines is 2. The lowest BCUT2D eigenvalue weighted by molar-refractivity contribution is -0.116. The maximum Gasteiger partial charge on any atom is 0.410 e. The fourth-order valence-corrected chi connectivity index (χ4v) is 4.67. The Morgan fingerprint density at radius 1 is 1.05 bits per heavy atom. The van der Waals surface area contributed by atoms with E-state index in [2.05, 4.69) is 5.32 Å². The molecule has 0 radical (unpaired) electrons. The topological polar surface area (TPSA) is 121 Å². The third-order valence-corrected chi connectivity index (χ3v) is 6.96. The first kappa shape index (κ1) is 28.6. The molecular formula is C29H33FN4O6. The number of rotatable bonds is 9. The van der Waals surface area contributed by atoms with Crippen LogP contribution < -0.4 is 15.6 Å². The van der Waals surface area contributed by atoms with Gasteiger partial charge in [0.15, 0.2) is 0 Å². The van der Waals surface area contributed by atoms with Gasteiger partial charge in [0.1, 0.15) is 18.0 Å². The highest BCUT2D eigenvalue weighted by atomic mass is 19.1. The Bertz CT molecular complexity index is 1460. The van der Waals surface area contributed by atoms with Gasteiger partial charge >= 0.3 is 12.1 Å². The number of carbonyl (C=O) groups is 3. The molecule has 2 amide bonds. The van der Waals surface area contributed by atoms with E-state index < -0.39 is 28.9 Å². The van der Waals surface area contributed by atoms with Crippen LogP contribution in [0.3, 0.4) is 0 Å². The number of pyridine rings is 1. The van der Waals surface area contributed by atoms with E-state index in [9.17, 15) is 24.3 Å². The standard InChI is InChI=1S/C29H33FN4O6/c1-3-5-6-26(35)31-20-9-7-19(8-10-20)18-40-29(39)34-13-11-33(12-14-34)25-16-24-21(15-23(25)30)27(36)22(28(37)38)17-32(24)4-2/h7-10,15-17H,3-6,11-14,18H2,1-2H3,(H,31,35)(H,37,38). The van der Waals surface area contributed by atoms with Gasteiger partial charge in [0.25, 0.3) is 0 Å². The number of ether oxygens (including phenoxy) is 1. The Balaban J connectivity index is 1.35. The minimum Gasteiger partial charge on any atom is -0.477 e. The predicted molar refractivity (Wildman–Crippen MR) is 149 cm³/mol. The van der Waals surface area contributed by atoms with Crippen LogP contribution in [0.2, 0.25) is 0 Å². The van der Waals surface area contributed by atoms with Crippen molar-refractivity contribution in [3.05, 3.63) is 69.8 Å². The Labute approximate surface area is 230 Å². The van der Waals surface area contributed by atoms with Gasteiger partial charge in [-0.2, -0.15) is 0 Å². The predicted octanol–water partition coefficient (Wildman–Crippen LogP) is 4.45. The number of nitrogens with one attached hydrogen (secondary N) is 1. The van der Waals surface area contributed by atoms with E-state index in [0.717, 1.165) is 24.5 Å². The quantitative estimate of drug-likeness (QED) is 0.402. The number of piperazine rings is 1. The van der Waals surface area contributed by atoms with Crippen LogP contribution >= 0.6 is 0 Å². The zero-order chi connectivity index (χ0) is 28.8. The lowest BCUT2D eigenvalue weighted by Crippen LogP contribution is -2.49. The lowest BCUT2D eigenvalue weighted by atomic mass is 10.1. The van der Waals surface area contributed by atoms with Crippen molar-refractivity contribution in [3.63, 3.8) is 0 Å². The number of hydrogen-bond acceptors (Lipinski definition) is 6. The largest absolute Gasteiger partial charge is 0.477 e. The number of unbranched alkanes of at least 4 members (excludes halogenated alkanes) is 1. The fraction of sp³-hybridized carbons (Fsp3) is 0.379. The molecule has 4 rings (SSSR count). The van der Waals surface area contributed by atoms with E-state index in [0.29, 0.717) is 50.3 Å². The van der Waals surface area contributed by atoms with Gasteiger partial charge in [-0.15, -0.1) is 0 Å². The molecule has 0 saturated carbocycles. The van der Waals surface area contributed by atoms with Gasteiger partial charge in [-0.05, 0) is 43.2 Å². The van der Waals surface area contributed by atoms with Crippen LogP contribution in [0.5, 0.6) is 0 Å². The summed E-state index contributed by atoms with van der Waals surface area (Å²) in [4.78, 5) is 51.9. The zero-order valence-corrected chi connectivity index (χ0v) is 22.6. The van der Waals surface area contributed by atoms with Crippen LogP contribution in [0.25, 0.3) is 10.9 Å². The molecule has 0 aliphatic carbocycles. The van der Waals surface area contributed by atoms with E-state index in [1.807, 2.05) is 13.8 Å². The summed E-state index contributed by atoms with van der Waals surface area (Å²) >= 11 is 0. The molecule has 1 aromatic heterocycles. The third kappa shape index (κ3) is 6.41. The second-order valence-corrected chi connectivity index (χ2v) is 9.66. The summed E-state index contributed by atoms with van der Waals surface area (Å²) < 4.78 is 22.2. The van der Waals surface area contributed by atoms with E-state index in [4.69, 9.17) is 4.74 Å². The van der Waals surface area contributed by atoms with Crippen molar-refractivity contribution >= 4 is 40.2 Å². The van der Waals surface area contributed by atoms with Gasteiger partial charge in [0.2, 0.25) is 11.3 Å². The molecule has 0 spiro atoms. The second kappa shape index (κ2) is 12.6. The highest BCUT2D eigenvalue weighted by Gasteiger charge is 2.25. The summed E-state index contributed by atoms with van der Waals surface area (Å²) in [6, 6.07) is 9.77. The first-order valence-corrected chi connectivity index (χ1v) is 13.4. The van der Waals surface area contributed by atoms with Crippen LogP contribution in [0, 0.1) is 5.82 Å². The molecule has 212 valence electrons. The molecular weight excluding hydrogens is 519 g/mol. The van der Waals surface area contributed by atoms with Crippen molar-refractivity contribution in [2.75, 3.05) is 36.4 Å². The summed E-state index contributed by atoms with van der Waals surface area (Å²) in [7, 11) is 0. The van der Waals surface area contributed by atoms with Crippen molar-refractivity contribution in [2.24, 2.45) is 0 Å². The lowest BCUT2D eigenvalue weighted by Gasteiger charge is -2.35. The van der Waals surface area contributed by atoms with Gasteiger partial charge in [0, 0.05) is 56.4 Å². The average molecular weight is 553 g/mol. The summed E-state index contributed by atoms with van der Waals surface area (Å²) in [5.41, 5.74) is 1.07. The number of nitrogens with zero attached hydrogens (tertiary/aromatic N) is 3. The third-order valence-electron chi connectivity index (χ3n) is 6.96. The summed E-state index contributed by atoms with van der Waals surface area (Å²) in [5.74, 6) is -2.02. The molecule has 0 bridgehead atoms. The molecule has 2 N–H and O–H groups in total. The van der Waals surface area contributed by atoms with E-state index in [-0.39, 0.29) is 23.6 Å². The molecule has 2 aromatic carbocycles. The number of carboxylic acids is 1. The molecule has 40 heavy (non-hydrogen) atoms. The van der Waals surface area contributed by atoms with Gasteiger partial charge in [-0.25, -0.2) is 14.0 Å². The first-order valence-electron chi connectivity index (χ1n) is 13.4. The maximum absolute atomic E-state index is 15.1. The van der Waals surface area contributed by atoms with Crippen molar-refractivity contribution in [2.45, 2.75) is 46.3 Å². The van der Waals surface area contributed by atoms with E-state index in [1.165, 1.54) is 6.20 Å². The molecule has 2 heterocycles. The smallest absolute Gasteiger partial charge is 0.410 e. The van der Waals surface area contributed by atoms with Crippen LogP contribution in [0.15, 0.2) is 47.4 Å². The van der Waals surface area contributed by atoms with E-state index in [1.54, 1.807) is 44.7 Å². The van der Waals surface area contributed by atoms with Crippen molar-refractivity contribution < 1.29 is 28.6 Å². The molecule has 0 atom stereocenters. The number of fused-ring (bicyclic) bond motifs is 1. The van der Waals surface area contributed by atoms with Crippen LogP contribution in [0.4, 0.5) is 20.6 Å². The van der Waals surface area contributed by atoms with Crippen molar-refractivity contribution in [1.29, 1.82) is 0 Å². The van der Waals surface area contributed by atoms with Gasteiger partial charge in [-0.1, -0.05) is 25.5 Å². The van der Waals surface area contributed by atoms with E-state index >= 15 is 4.39 Å². The Morgan fingerprint density at radius 3 is 2.38 bits per heavy atom. The van der Waals surface area contributed by atoms with Crippen LogP contribution in [-0.4, -0.2) is 58.7 Å². The summed E-state index contributed by atoms with van der Waals surface area (Å²) in [6.45, 7) is 5.66. The maximum atomic E-state index is 15.1. The van der Waals surface area contributed by atoms with Crippen LogP contribution in [0.1, 0.15) is 49.0 Å². The number of hydrogen-bond donors (Lipinski definition) is 2. The zero-order valence-electron chi connectivity index (χ0n) is 22.6. The molecule has 3 aromatic rings. The van der Waals surface area contributed by atoms with Crippen molar-refractivity contribution in [3.8, 4) is 0 Å². The molecule has 0 unspecified atom stereocenters. The number of halogens is 1. The summed E-state index contributed by atoms with van der Waals surface area (Å²) in [6.07, 6.45) is 3.06. The molecule has 10 nitrogen and oxygen atoms in total. The van der Waals surface area contributed by atoms with Crippen LogP contribution in [-0.2, 0) is 22.7 Å². The number of aromatic nitrogens is 1. The number of aromatic carboxylic acids is 1. The normalized spacial score (nSPS) is 13.4. The number of carbonyl (C=O) groups excluding carboxylic acids is 2. The Hall–Kier alpha value is -4.41. The molecule has 1 aliphatic heterocycles. The molecule has 1 fully saturated rings. The second-order valence-electron chi connectivity index (χ2n) is 9.66. The van der Waals surface area contributed by atoms with Crippen molar-refractivity contribution in [1.82, 2.24) is 9.47 Å². The number of aryl methyl sites for hydroxylation is 1. The average Bonchev–Trinajstić information content (AvgIpc) is 2.95. The fourth-order valence-electron chi connectivity index (χ4n) is 4.67. The Kier molecular flexibility index (Phi) is 9.03.